The van der Waals surface area contributed by atoms with Crippen LogP contribution in [0, 0.1) is 0 Å². The van der Waals surface area contributed by atoms with Crippen LogP contribution in [-0.4, -0.2) is 51.4 Å². The number of carbonyl (C=O) groups is 1. The fraction of sp³-hybridized carbons (Fsp3) is 0.500. The van der Waals surface area contributed by atoms with Crippen molar-refractivity contribution in [3.63, 3.8) is 0 Å². The molecule has 24 heavy (non-hydrogen) atoms. The molecule has 2 aliphatic heterocycles. The Morgan fingerprint density at radius 2 is 1.92 bits per heavy atom. The third kappa shape index (κ3) is 2.94. The molecule has 0 radical (unpaired) electrons. The van der Waals surface area contributed by atoms with Crippen LogP contribution in [0.5, 0.6) is 0 Å². The zero-order valence-electron chi connectivity index (χ0n) is 13.7. The lowest BCUT2D eigenvalue weighted by Gasteiger charge is -2.33. The van der Waals surface area contributed by atoms with E-state index in [9.17, 15) is 4.79 Å². The predicted molar refractivity (Wildman–Crippen MR) is 88.9 cm³/mol. The van der Waals surface area contributed by atoms with Crippen molar-refractivity contribution in [1.82, 2.24) is 19.7 Å². The number of benzene rings is 1. The van der Waals surface area contributed by atoms with Crippen LogP contribution in [0.3, 0.4) is 0 Å². The van der Waals surface area contributed by atoms with Crippen molar-refractivity contribution in [1.29, 1.82) is 0 Å². The number of hydrogen-bond acceptors (Lipinski definition) is 4. The SMILES string of the molecule is O=C(C1CCCO1)N1CCC(c2nncn2-c2ccccc2)CC1. The molecule has 0 N–H and O–H groups in total. The first kappa shape index (κ1) is 15.3. The molecule has 4 rings (SSSR count). The average molecular weight is 326 g/mol. The molecule has 126 valence electrons. The quantitative estimate of drug-likeness (QED) is 0.867. The lowest BCUT2D eigenvalue weighted by molar-refractivity contribution is -0.142. The summed E-state index contributed by atoms with van der Waals surface area (Å²) < 4.78 is 7.58. The third-order valence-electron chi connectivity index (χ3n) is 4.99. The first-order valence-corrected chi connectivity index (χ1v) is 8.68. The van der Waals surface area contributed by atoms with Gasteiger partial charge >= 0.3 is 0 Å². The molecular weight excluding hydrogens is 304 g/mol. The number of ether oxygens (including phenoxy) is 1. The van der Waals surface area contributed by atoms with Gasteiger partial charge in [0.05, 0.1) is 0 Å². The van der Waals surface area contributed by atoms with E-state index in [1.54, 1.807) is 6.33 Å². The van der Waals surface area contributed by atoms with Crippen molar-refractivity contribution in [2.75, 3.05) is 19.7 Å². The first-order chi connectivity index (χ1) is 11.8. The van der Waals surface area contributed by atoms with Crippen molar-refractivity contribution in [3.05, 3.63) is 42.5 Å². The Bertz CT molecular complexity index is 686. The molecule has 0 saturated carbocycles. The maximum atomic E-state index is 12.4. The second-order valence-corrected chi connectivity index (χ2v) is 6.50. The van der Waals surface area contributed by atoms with Crippen molar-refractivity contribution in [2.45, 2.75) is 37.7 Å². The second-order valence-electron chi connectivity index (χ2n) is 6.50. The Hall–Kier alpha value is -2.21. The molecule has 1 atom stereocenters. The van der Waals surface area contributed by atoms with Crippen LogP contribution in [0.4, 0.5) is 0 Å². The monoisotopic (exact) mass is 326 g/mol. The minimum Gasteiger partial charge on any atom is -0.368 e. The Kier molecular flexibility index (Phi) is 4.30. The number of amides is 1. The number of carbonyl (C=O) groups excluding carboxylic acids is 1. The fourth-order valence-corrected chi connectivity index (χ4v) is 3.64. The minimum absolute atomic E-state index is 0.162. The van der Waals surface area contributed by atoms with Gasteiger partial charge in [-0.15, -0.1) is 10.2 Å². The molecule has 2 saturated heterocycles. The Morgan fingerprint density at radius 3 is 2.62 bits per heavy atom. The Balaban J connectivity index is 1.43. The number of aromatic nitrogens is 3. The molecular formula is C18H22N4O2. The highest BCUT2D eigenvalue weighted by atomic mass is 16.5. The van der Waals surface area contributed by atoms with Crippen molar-refractivity contribution in [2.24, 2.45) is 0 Å². The highest BCUT2D eigenvalue weighted by Crippen LogP contribution is 2.29. The molecule has 2 aliphatic rings. The Labute approximate surface area is 141 Å². The molecule has 1 unspecified atom stereocenters. The summed E-state index contributed by atoms with van der Waals surface area (Å²) >= 11 is 0. The number of para-hydroxylation sites is 1. The summed E-state index contributed by atoms with van der Waals surface area (Å²) in [5.41, 5.74) is 1.08. The van der Waals surface area contributed by atoms with Crippen molar-refractivity contribution >= 4 is 5.91 Å². The summed E-state index contributed by atoms with van der Waals surface area (Å²) in [6.45, 7) is 2.25. The fourth-order valence-electron chi connectivity index (χ4n) is 3.64. The second kappa shape index (κ2) is 6.73. The molecule has 1 aromatic heterocycles. The summed E-state index contributed by atoms with van der Waals surface area (Å²) in [5, 5.41) is 8.45. The van der Waals surface area contributed by atoms with Gasteiger partial charge in [0, 0.05) is 31.3 Å². The summed E-state index contributed by atoms with van der Waals surface area (Å²) in [6, 6.07) is 10.2. The highest BCUT2D eigenvalue weighted by Gasteiger charge is 2.32. The maximum absolute atomic E-state index is 12.4. The number of likely N-dealkylation sites (tertiary alicyclic amines) is 1. The van der Waals surface area contributed by atoms with E-state index in [4.69, 9.17) is 4.74 Å². The van der Waals surface area contributed by atoms with Gasteiger partial charge in [-0.25, -0.2) is 0 Å². The maximum Gasteiger partial charge on any atom is 0.251 e. The van der Waals surface area contributed by atoms with Crippen molar-refractivity contribution in [3.8, 4) is 5.69 Å². The topological polar surface area (TPSA) is 60.2 Å². The standard InChI is InChI=1S/C18H22N4O2/c23-18(16-7-4-12-24-16)21-10-8-14(9-11-21)17-20-19-13-22(17)15-5-2-1-3-6-15/h1-3,5-6,13-14,16H,4,7-12H2. The lowest BCUT2D eigenvalue weighted by Crippen LogP contribution is -2.43. The van der Waals surface area contributed by atoms with Gasteiger partial charge in [-0.3, -0.25) is 9.36 Å². The van der Waals surface area contributed by atoms with Gasteiger partial charge in [-0.1, -0.05) is 18.2 Å². The largest absolute Gasteiger partial charge is 0.368 e. The van der Waals surface area contributed by atoms with Crippen molar-refractivity contribution < 1.29 is 9.53 Å². The molecule has 6 heteroatoms. The molecule has 0 aliphatic carbocycles. The number of nitrogens with zero attached hydrogens (tertiary/aromatic N) is 4. The van der Waals surface area contributed by atoms with E-state index in [-0.39, 0.29) is 12.0 Å². The van der Waals surface area contributed by atoms with E-state index in [0.29, 0.717) is 12.5 Å². The molecule has 0 spiro atoms. The van der Waals surface area contributed by atoms with Gasteiger partial charge in [-0.2, -0.15) is 0 Å². The van der Waals surface area contributed by atoms with Gasteiger partial charge in [0.2, 0.25) is 0 Å². The van der Waals surface area contributed by atoms with Crippen LogP contribution in [0.25, 0.3) is 5.69 Å². The van der Waals surface area contributed by atoms with Crippen LogP contribution in [0.1, 0.15) is 37.4 Å². The van der Waals surface area contributed by atoms with E-state index in [1.807, 2.05) is 23.1 Å². The molecule has 3 heterocycles. The van der Waals surface area contributed by atoms with E-state index < -0.39 is 0 Å². The minimum atomic E-state index is -0.213. The van der Waals surface area contributed by atoms with Crippen LogP contribution >= 0.6 is 0 Å². The summed E-state index contributed by atoms with van der Waals surface area (Å²) in [7, 11) is 0. The summed E-state index contributed by atoms with van der Waals surface area (Å²) in [4.78, 5) is 14.4. The highest BCUT2D eigenvalue weighted by molar-refractivity contribution is 5.81. The number of hydrogen-bond donors (Lipinski definition) is 0. The van der Waals surface area contributed by atoms with Crippen LogP contribution in [0.15, 0.2) is 36.7 Å². The molecule has 6 nitrogen and oxygen atoms in total. The van der Waals surface area contributed by atoms with Gasteiger partial charge in [0.25, 0.3) is 5.91 Å². The number of piperidine rings is 1. The van der Waals surface area contributed by atoms with E-state index in [2.05, 4.69) is 26.9 Å². The summed E-state index contributed by atoms with van der Waals surface area (Å²) in [5.74, 6) is 1.49. The summed E-state index contributed by atoms with van der Waals surface area (Å²) in [6.07, 6.45) is 5.26. The Morgan fingerprint density at radius 1 is 1.12 bits per heavy atom. The molecule has 1 aromatic carbocycles. The molecule has 2 fully saturated rings. The first-order valence-electron chi connectivity index (χ1n) is 8.68. The van der Waals surface area contributed by atoms with Crippen LogP contribution in [0.2, 0.25) is 0 Å². The van der Waals surface area contributed by atoms with E-state index in [0.717, 1.165) is 50.3 Å². The van der Waals surface area contributed by atoms with Gasteiger partial charge in [0.15, 0.2) is 0 Å². The van der Waals surface area contributed by atoms with E-state index >= 15 is 0 Å². The molecule has 0 bridgehead atoms. The number of rotatable bonds is 3. The molecule has 2 aromatic rings. The van der Waals surface area contributed by atoms with Crippen LogP contribution in [-0.2, 0) is 9.53 Å². The average Bonchev–Trinajstić information content (AvgIpc) is 3.34. The third-order valence-corrected chi connectivity index (χ3v) is 4.99. The molecule has 1 amide bonds. The van der Waals surface area contributed by atoms with Crippen LogP contribution < -0.4 is 0 Å². The van der Waals surface area contributed by atoms with E-state index in [1.165, 1.54) is 0 Å². The lowest BCUT2D eigenvalue weighted by atomic mass is 9.95. The zero-order valence-corrected chi connectivity index (χ0v) is 13.7. The predicted octanol–water partition coefficient (Wildman–Crippen LogP) is 2.15. The smallest absolute Gasteiger partial charge is 0.251 e. The van der Waals surface area contributed by atoms with Gasteiger partial charge in [-0.05, 0) is 37.8 Å². The zero-order chi connectivity index (χ0) is 16.4. The van der Waals surface area contributed by atoms with Gasteiger partial charge < -0.3 is 9.64 Å². The van der Waals surface area contributed by atoms with Gasteiger partial charge in [0.1, 0.15) is 18.3 Å². The normalized spacial score (nSPS) is 22.0.